The number of nitrogens with one attached hydrogen (secondary N) is 1. The van der Waals surface area contributed by atoms with Gasteiger partial charge in [0.05, 0.1) is 0 Å². The number of nitrogens with two attached hydrogens (primary N) is 1. The van der Waals surface area contributed by atoms with Crippen molar-refractivity contribution in [1.29, 1.82) is 0 Å². The summed E-state index contributed by atoms with van der Waals surface area (Å²) in [6.45, 7) is 1.41. The Kier molecular flexibility index (Phi) is 4.22. The third-order valence-electron chi connectivity index (χ3n) is 2.44. The van der Waals surface area contributed by atoms with Crippen LogP contribution in [-0.2, 0) is 10.0 Å². The molecule has 21 heavy (non-hydrogen) atoms. The van der Waals surface area contributed by atoms with E-state index in [2.05, 4.69) is 14.7 Å². The van der Waals surface area contributed by atoms with Gasteiger partial charge in [0.1, 0.15) is 21.7 Å². The summed E-state index contributed by atoms with van der Waals surface area (Å²) in [6.07, 6.45) is 0. The molecule has 1 aromatic heterocycles. The zero-order chi connectivity index (χ0) is 15.8. The molecular weight excluding hydrogens is 342 g/mol. The van der Waals surface area contributed by atoms with Gasteiger partial charge in [-0.2, -0.15) is 4.98 Å². The highest BCUT2D eigenvalue weighted by atomic mass is 35.5. The van der Waals surface area contributed by atoms with Crippen molar-refractivity contribution < 1.29 is 12.8 Å². The molecule has 0 atom stereocenters. The number of anilines is 2. The fourth-order valence-corrected chi connectivity index (χ4v) is 3.18. The van der Waals surface area contributed by atoms with E-state index in [1.54, 1.807) is 0 Å². The zero-order valence-electron chi connectivity index (χ0n) is 10.6. The topological polar surface area (TPSA) is 98.0 Å². The number of nitrogen functional groups attached to an aromatic ring is 1. The van der Waals surface area contributed by atoms with Gasteiger partial charge in [-0.3, -0.25) is 4.72 Å². The third-order valence-corrected chi connectivity index (χ3v) is 4.16. The number of aryl methyl sites for hydroxylation is 1. The van der Waals surface area contributed by atoms with Crippen molar-refractivity contribution in [3.05, 3.63) is 40.0 Å². The molecule has 0 bridgehead atoms. The van der Waals surface area contributed by atoms with E-state index in [-0.39, 0.29) is 27.5 Å². The summed E-state index contributed by atoms with van der Waals surface area (Å²) < 4.78 is 40.4. The minimum absolute atomic E-state index is 0.0584. The Balaban J connectivity index is 2.48. The lowest BCUT2D eigenvalue weighted by Gasteiger charge is -2.10. The van der Waals surface area contributed by atoms with E-state index in [0.717, 1.165) is 12.1 Å². The van der Waals surface area contributed by atoms with Gasteiger partial charge in [0.2, 0.25) is 5.28 Å². The van der Waals surface area contributed by atoms with Crippen molar-refractivity contribution in [2.45, 2.75) is 11.8 Å². The van der Waals surface area contributed by atoms with E-state index in [1.165, 1.54) is 13.0 Å². The Morgan fingerprint density at radius 2 is 1.90 bits per heavy atom. The highest BCUT2D eigenvalue weighted by Gasteiger charge is 2.22. The summed E-state index contributed by atoms with van der Waals surface area (Å²) in [5.41, 5.74) is 5.76. The lowest BCUT2D eigenvalue weighted by atomic mass is 10.2. The molecule has 0 aliphatic carbocycles. The van der Waals surface area contributed by atoms with Crippen molar-refractivity contribution in [3.63, 3.8) is 0 Å². The van der Waals surface area contributed by atoms with Crippen LogP contribution in [0.4, 0.5) is 15.9 Å². The number of benzene rings is 1. The molecule has 2 aromatic rings. The normalized spacial score (nSPS) is 11.4. The zero-order valence-corrected chi connectivity index (χ0v) is 12.9. The average molecular weight is 351 g/mol. The fraction of sp³-hybridized carbons (Fsp3) is 0.0909. The van der Waals surface area contributed by atoms with Crippen LogP contribution in [0, 0.1) is 12.7 Å². The van der Waals surface area contributed by atoms with E-state index in [0.29, 0.717) is 0 Å². The molecule has 0 radical (unpaired) electrons. The fourth-order valence-electron chi connectivity index (χ4n) is 1.59. The highest BCUT2D eigenvalue weighted by Crippen LogP contribution is 2.24. The molecule has 6 nitrogen and oxygen atoms in total. The third kappa shape index (κ3) is 3.52. The number of sulfonamides is 1. The predicted octanol–water partition coefficient (Wildman–Crippen LogP) is 2.61. The van der Waals surface area contributed by atoms with Crippen molar-refractivity contribution in [2.24, 2.45) is 0 Å². The van der Waals surface area contributed by atoms with E-state index in [9.17, 15) is 12.8 Å². The van der Waals surface area contributed by atoms with E-state index in [4.69, 9.17) is 28.9 Å². The number of hydrogen-bond donors (Lipinski definition) is 2. The van der Waals surface area contributed by atoms with E-state index < -0.39 is 20.7 Å². The molecular formula is C11H9Cl2FN4O2S. The SMILES string of the molecule is Cc1cc(N)cc(S(=O)(=O)Nc2cc(Cl)nc(Cl)n2)c1F. The number of rotatable bonds is 3. The summed E-state index contributed by atoms with van der Waals surface area (Å²) in [7, 11) is -4.24. The molecule has 0 spiro atoms. The molecule has 112 valence electrons. The Morgan fingerprint density at radius 1 is 1.24 bits per heavy atom. The van der Waals surface area contributed by atoms with Gasteiger partial charge in [0, 0.05) is 11.8 Å². The second kappa shape index (κ2) is 5.63. The van der Waals surface area contributed by atoms with Gasteiger partial charge >= 0.3 is 0 Å². The van der Waals surface area contributed by atoms with Crippen molar-refractivity contribution in [3.8, 4) is 0 Å². The lowest BCUT2D eigenvalue weighted by Crippen LogP contribution is -2.16. The highest BCUT2D eigenvalue weighted by molar-refractivity contribution is 7.92. The Hall–Kier alpha value is -1.64. The summed E-state index contributed by atoms with van der Waals surface area (Å²) in [6, 6.07) is 3.48. The number of halogens is 3. The van der Waals surface area contributed by atoms with Crippen LogP contribution in [0.1, 0.15) is 5.56 Å². The monoisotopic (exact) mass is 350 g/mol. The number of hydrogen-bond acceptors (Lipinski definition) is 5. The van der Waals surface area contributed by atoms with Crippen molar-refractivity contribution >= 4 is 44.7 Å². The Bertz CT molecular complexity index is 794. The molecule has 0 saturated carbocycles. The first-order valence-corrected chi connectivity index (χ1v) is 7.71. The molecule has 0 aliphatic heterocycles. The molecule has 0 aliphatic rings. The first-order valence-electron chi connectivity index (χ1n) is 5.47. The molecule has 1 aromatic carbocycles. The largest absolute Gasteiger partial charge is 0.399 e. The van der Waals surface area contributed by atoms with Gasteiger partial charge in [0.15, 0.2) is 0 Å². The van der Waals surface area contributed by atoms with Crippen LogP contribution in [-0.4, -0.2) is 18.4 Å². The van der Waals surface area contributed by atoms with Crippen LogP contribution in [0.25, 0.3) is 0 Å². The van der Waals surface area contributed by atoms with E-state index in [1.807, 2.05) is 0 Å². The van der Waals surface area contributed by atoms with Crippen LogP contribution >= 0.6 is 23.2 Å². The van der Waals surface area contributed by atoms with Crippen LogP contribution in [0.5, 0.6) is 0 Å². The maximum atomic E-state index is 14.0. The summed E-state index contributed by atoms with van der Waals surface area (Å²) in [4.78, 5) is 6.63. The lowest BCUT2D eigenvalue weighted by molar-refractivity contribution is 0.565. The maximum absolute atomic E-state index is 14.0. The average Bonchev–Trinajstić information content (AvgIpc) is 2.31. The molecule has 0 saturated heterocycles. The second-order valence-corrected chi connectivity index (χ2v) is 6.48. The molecule has 0 amide bonds. The minimum Gasteiger partial charge on any atom is -0.399 e. The standard InChI is InChI=1S/C11H9Cl2FN4O2S/c1-5-2-6(15)3-7(10(5)14)21(19,20)18-9-4-8(12)16-11(13)17-9/h2-4H,15H2,1H3,(H,16,17,18). The van der Waals surface area contributed by atoms with Crippen LogP contribution in [0.3, 0.4) is 0 Å². The molecule has 3 N–H and O–H groups in total. The van der Waals surface area contributed by atoms with Gasteiger partial charge in [-0.05, 0) is 36.2 Å². The van der Waals surface area contributed by atoms with Gasteiger partial charge in [-0.25, -0.2) is 17.8 Å². The molecule has 1 heterocycles. The summed E-state index contributed by atoms with van der Waals surface area (Å²) >= 11 is 11.2. The first-order chi connectivity index (χ1) is 9.69. The maximum Gasteiger partial charge on any atom is 0.266 e. The molecule has 10 heteroatoms. The number of nitrogens with zero attached hydrogens (tertiary/aromatic N) is 2. The predicted molar refractivity (Wildman–Crippen MR) is 78.4 cm³/mol. The molecule has 0 fully saturated rings. The van der Waals surface area contributed by atoms with Crippen molar-refractivity contribution in [2.75, 3.05) is 10.5 Å². The van der Waals surface area contributed by atoms with Crippen LogP contribution in [0.15, 0.2) is 23.1 Å². The summed E-state index contributed by atoms with van der Waals surface area (Å²) in [5, 5.41) is -0.304. The van der Waals surface area contributed by atoms with Gasteiger partial charge in [-0.1, -0.05) is 11.6 Å². The van der Waals surface area contributed by atoms with E-state index >= 15 is 0 Å². The van der Waals surface area contributed by atoms with Crippen LogP contribution < -0.4 is 10.5 Å². The minimum atomic E-state index is -4.24. The quantitative estimate of drug-likeness (QED) is 0.503. The van der Waals surface area contributed by atoms with Gasteiger partial charge < -0.3 is 5.73 Å². The van der Waals surface area contributed by atoms with Crippen molar-refractivity contribution in [1.82, 2.24) is 9.97 Å². The van der Waals surface area contributed by atoms with Gasteiger partial charge in [0.25, 0.3) is 10.0 Å². The second-order valence-electron chi connectivity index (χ2n) is 4.10. The summed E-state index contributed by atoms with van der Waals surface area (Å²) in [5.74, 6) is -1.08. The molecule has 0 unspecified atom stereocenters. The number of aromatic nitrogens is 2. The van der Waals surface area contributed by atoms with Crippen LogP contribution in [0.2, 0.25) is 10.4 Å². The first kappa shape index (κ1) is 15.7. The molecule has 2 rings (SSSR count). The van der Waals surface area contributed by atoms with Gasteiger partial charge in [-0.15, -0.1) is 0 Å². The Labute approximate surface area is 130 Å². The smallest absolute Gasteiger partial charge is 0.266 e. The Morgan fingerprint density at radius 3 is 2.52 bits per heavy atom.